The molecule has 108 valence electrons. The van der Waals surface area contributed by atoms with Gasteiger partial charge in [0.25, 0.3) is 5.91 Å². The molecule has 21 heavy (non-hydrogen) atoms. The van der Waals surface area contributed by atoms with Gasteiger partial charge in [0.15, 0.2) is 6.61 Å². The molecule has 0 fully saturated rings. The minimum atomic E-state index is -1.09. The van der Waals surface area contributed by atoms with Gasteiger partial charge in [0, 0.05) is 11.3 Å². The van der Waals surface area contributed by atoms with Crippen molar-refractivity contribution in [3.05, 3.63) is 54.1 Å². The summed E-state index contributed by atoms with van der Waals surface area (Å²) in [4.78, 5) is 22.6. The zero-order valence-corrected chi connectivity index (χ0v) is 11.1. The zero-order valence-electron chi connectivity index (χ0n) is 11.1. The second-order valence-electron chi connectivity index (χ2n) is 4.25. The van der Waals surface area contributed by atoms with Crippen LogP contribution in [0.25, 0.3) is 0 Å². The van der Waals surface area contributed by atoms with E-state index in [9.17, 15) is 9.59 Å². The molecule has 0 aliphatic rings. The summed E-state index contributed by atoms with van der Waals surface area (Å²) >= 11 is 0. The van der Waals surface area contributed by atoms with E-state index in [2.05, 4.69) is 5.32 Å². The van der Waals surface area contributed by atoms with Gasteiger partial charge in [-0.05, 0) is 36.4 Å². The number of benzene rings is 2. The van der Waals surface area contributed by atoms with Gasteiger partial charge in [-0.15, -0.1) is 0 Å². The lowest BCUT2D eigenvalue weighted by atomic mass is 10.2. The number of nitrogens with one attached hydrogen (secondary N) is 1. The van der Waals surface area contributed by atoms with Gasteiger partial charge in [-0.25, -0.2) is 4.79 Å². The Morgan fingerprint density at radius 3 is 2.43 bits per heavy atom. The Hall–Kier alpha value is -3.02. The summed E-state index contributed by atoms with van der Waals surface area (Å²) in [7, 11) is 0. The van der Waals surface area contributed by atoms with Crippen molar-refractivity contribution in [2.75, 3.05) is 17.7 Å². The molecule has 0 saturated carbocycles. The van der Waals surface area contributed by atoms with Crippen molar-refractivity contribution < 1.29 is 19.4 Å². The van der Waals surface area contributed by atoms with Crippen LogP contribution in [0.5, 0.6) is 5.75 Å². The van der Waals surface area contributed by atoms with E-state index in [1.54, 1.807) is 48.5 Å². The number of ether oxygens (including phenoxy) is 1. The number of amides is 1. The molecule has 0 bridgehead atoms. The maximum absolute atomic E-state index is 12.1. The first-order valence-electron chi connectivity index (χ1n) is 6.17. The lowest BCUT2D eigenvalue weighted by molar-refractivity contribution is -0.139. The first-order valence-corrected chi connectivity index (χ1v) is 6.17. The minimum absolute atomic E-state index is 0.295. The Balaban J connectivity index is 2.13. The van der Waals surface area contributed by atoms with Crippen molar-refractivity contribution in [2.24, 2.45) is 0 Å². The molecule has 0 aromatic heterocycles. The lowest BCUT2D eigenvalue weighted by Gasteiger charge is -2.11. The quantitative estimate of drug-likeness (QED) is 0.729. The monoisotopic (exact) mass is 286 g/mol. The molecule has 0 saturated heterocycles. The second-order valence-corrected chi connectivity index (χ2v) is 4.25. The normalized spacial score (nSPS) is 9.90. The van der Waals surface area contributed by atoms with Gasteiger partial charge in [-0.1, -0.05) is 12.1 Å². The van der Waals surface area contributed by atoms with E-state index in [-0.39, 0.29) is 5.91 Å². The van der Waals surface area contributed by atoms with Gasteiger partial charge in [0.1, 0.15) is 5.75 Å². The number of carboxylic acid groups (broad SMARTS) is 1. The zero-order chi connectivity index (χ0) is 15.2. The molecule has 0 aliphatic carbocycles. The Morgan fingerprint density at radius 1 is 1.10 bits per heavy atom. The van der Waals surface area contributed by atoms with Crippen LogP contribution in [0.1, 0.15) is 10.4 Å². The van der Waals surface area contributed by atoms with Gasteiger partial charge in [0.05, 0.1) is 5.69 Å². The number of hydrogen-bond donors (Lipinski definition) is 3. The third-order valence-corrected chi connectivity index (χ3v) is 2.66. The molecule has 0 radical (unpaired) electrons. The van der Waals surface area contributed by atoms with Crippen molar-refractivity contribution >= 4 is 23.3 Å². The third-order valence-electron chi connectivity index (χ3n) is 2.66. The Bertz CT molecular complexity index is 653. The summed E-state index contributed by atoms with van der Waals surface area (Å²) in [5.41, 5.74) is 6.98. The highest BCUT2D eigenvalue weighted by Gasteiger charge is 2.10. The molecule has 4 N–H and O–H groups in total. The number of carbonyl (C=O) groups excluding carboxylic acids is 1. The molecule has 6 nitrogen and oxygen atoms in total. The van der Waals surface area contributed by atoms with Crippen molar-refractivity contribution in [2.45, 2.75) is 0 Å². The van der Waals surface area contributed by atoms with Gasteiger partial charge in [-0.3, -0.25) is 4.79 Å². The van der Waals surface area contributed by atoms with Gasteiger partial charge in [0.2, 0.25) is 0 Å². The molecular weight excluding hydrogens is 272 g/mol. The van der Waals surface area contributed by atoms with E-state index in [4.69, 9.17) is 15.6 Å². The molecule has 1 amide bonds. The van der Waals surface area contributed by atoms with Crippen molar-refractivity contribution in [1.82, 2.24) is 0 Å². The summed E-state index contributed by atoms with van der Waals surface area (Å²) in [6, 6.07) is 13.1. The van der Waals surface area contributed by atoms with Gasteiger partial charge >= 0.3 is 5.97 Å². The predicted molar refractivity (Wildman–Crippen MR) is 78.4 cm³/mol. The average molecular weight is 286 g/mol. The molecule has 6 heteroatoms. The second kappa shape index (κ2) is 6.42. The Labute approximate surface area is 121 Å². The number of para-hydroxylation sites is 2. The van der Waals surface area contributed by atoms with Crippen LogP contribution in [0.4, 0.5) is 11.4 Å². The summed E-state index contributed by atoms with van der Waals surface area (Å²) in [5.74, 6) is -1.13. The molecule has 0 unspecified atom stereocenters. The Kier molecular flexibility index (Phi) is 4.40. The van der Waals surface area contributed by atoms with Crippen LogP contribution >= 0.6 is 0 Å². The molecule has 0 aliphatic heterocycles. The number of nitrogen functional groups attached to an aromatic ring is 1. The molecule has 0 atom stereocenters. The number of anilines is 2. The van der Waals surface area contributed by atoms with Crippen LogP contribution in [0, 0.1) is 0 Å². The highest BCUT2D eigenvalue weighted by molar-refractivity contribution is 6.05. The largest absolute Gasteiger partial charge is 0.480 e. The van der Waals surface area contributed by atoms with Crippen LogP contribution in [0.2, 0.25) is 0 Å². The van der Waals surface area contributed by atoms with E-state index < -0.39 is 12.6 Å². The SMILES string of the molecule is Nc1ccc(C(=O)Nc2ccccc2OCC(=O)O)cc1. The molecule has 0 heterocycles. The van der Waals surface area contributed by atoms with E-state index in [0.29, 0.717) is 22.7 Å². The topological polar surface area (TPSA) is 102 Å². The molecule has 2 aromatic rings. The molecule has 0 spiro atoms. The van der Waals surface area contributed by atoms with Gasteiger partial charge in [-0.2, -0.15) is 0 Å². The Morgan fingerprint density at radius 2 is 1.76 bits per heavy atom. The number of carboxylic acids is 1. The van der Waals surface area contributed by atoms with E-state index in [1.807, 2.05) is 0 Å². The first kappa shape index (κ1) is 14.4. The average Bonchev–Trinajstić information content (AvgIpc) is 2.47. The molecular formula is C15H14N2O4. The van der Waals surface area contributed by atoms with Crippen molar-refractivity contribution in [3.8, 4) is 5.75 Å². The fraction of sp³-hybridized carbons (Fsp3) is 0.0667. The summed E-state index contributed by atoms with van der Waals surface area (Å²) in [5, 5.41) is 11.3. The smallest absolute Gasteiger partial charge is 0.341 e. The third kappa shape index (κ3) is 3.97. The maximum Gasteiger partial charge on any atom is 0.341 e. The van der Waals surface area contributed by atoms with Crippen LogP contribution in [0.3, 0.4) is 0 Å². The van der Waals surface area contributed by atoms with Crippen LogP contribution < -0.4 is 15.8 Å². The fourth-order valence-corrected chi connectivity index (χ4v) is 1.66. The van der Waals surface area contributed by atoms with Crippen LogP contribution in [0.15, 0.2) is 48.5 Å². The minimum Gasteiger partial charge on any atom is -0.480 e. The van der Waals surface area contributed by atoms with E-state index in [1.165, 1.54) is 0 Å². The van der Waals surface area contributed by atoms with E-state index >= 15 is 0 Å². The van der Waals surface area contributed by atoms with Gasteiger partial charge < -0.3 is 20.9 Å². The summed E-state index contributed by atoms with van der Waals surface area (Å²) in [6.45, 7) is -0.477. The first-order chi connectivity index (χ1) is 10.1. The standard InChI is InChI=1S/C15H14N2O4/c16-11-7-5-10(6-8-11)15(20)17-12-3-1-2-4-13(12)21-9-14(18)19/h1-8H,9,16H2,(H,17,20)(H,18,19). The number of nitrogens with two attached hydrogens (primary N) is 1. The van der Waals surface area contributed by atoms with E-state index in [0.717, 1.165) is 0 Å². The number of aliphatic carboxylic acids is 1. The fourth-order valence-electron chi connectivity index (χ4n) is 1.66. The predicted octanol–water partition coefficient (Wildman–Crippen LogP) is 1.98. The maximum atomic E-state index is 12.1. The van der Waals surface area contributed by atoms with Crippen molar-refractivity contribution in [1.29, 1.82) is 0 Å². The number of hydrogen-bond acceptors (Lipinski definition) is 4. The molecule has 2 aromatic carbocycles. The highest BCUT2D eigenvalue weighted by atomic mass is 16.5. The van der Waals surface area contributed by atoms with Crippen LogP contribution in [-0.2, 0) is 4.79 Å². The number of rotatable bonds is 5. The van der Waals surface area contributed by atoms with Crippen LogP contribution in [-0.4, -0.2) is 23.6 Å². The van der Waals surface area contributed by atoms with Crippen molar-refractivity contribution in [3.63, 3.8) is 0 Å². The number of carbonyl (C=O) groups is 2. The highest BCUT2D eigenvalue weighted by Crippen LogP contribution is 2.24. The summed E-state index contributed by atoms with van der Waals surface area (Å²) in [6.07, 6.45) is 0. The lowest BCUT2D eigenvalue weighted by Crippen LogP contribution is -2.15. The molecule has 2 rings (SSSR count). The summed E-state index contributed by atoms with van der Waals surface area (Å²) < 4.78 is 5.12.